The van der Waals surface area contributed by atoms with Gasteiger partial charge < -0.3 is 9.64 Å². The minimum Gasteiger partial charge on any atom is -0.463 e. The van der Waals surface area contributed by atoms with E-state index in [-0.39, 0.29) is 18.9 Å². The second kappa shape index (κ2) is 4.69. The van der Waals surface area contributed by atoms with E-state index in [2.05, 4.69) is 7.05 Å². The minimum atomic E-state index is -0.428. The van der Waals surface area contributed by atoms with Crippen molar-refractivity contribution in [3.8, 4) is 0 Å². The average molecular weight is 151 g/mol. The van der Waals surface area contributed by atoms with E-state index in [1.807, 2.05) is 20.8 Å². The second-order valence-electron chi connectivity index (χ2n) is 3.18. The summed E-state index contributed by atoms with van der Waals surface area (Å²) < 4.78 is 4.92. The molecule has 0 aromatic carbocycles. The van der Waals surface area contributed by atoms with Crippen LogP contribution in [0.5, 0.6) is 0 Å². The van der Waals surface area contributed by atoms with Crippen molar-refractivity contribution in [3.63, 3.8) is 0 Å². The first-order chi connectivity index (χ1) is 4.33. The Kier molecular flexibility index (Phi) is 5.73. The Hall–Kier alpha value is -0.133. The monoisotopic (exact) mass is 151 g/mol. The molecule has 1 amide bonds. The number of nitrogens with zero attached hydrogens (tertiary/aromatic N) is 1. The summed E-state index contributed by atoms with van der Waals surface area (Å²) >= 11 is 0. The summed E-state index contributed by atoms with van der Waals surface area (Å²) in [5.41, 5.74) is -0.428. The van der Waals surface area contributed by atoms with E-state index in [9.17, 15) is 4.79 Å². The molecule has 60 valence electrons. The molecule has 0 fully saturated rings. The van der Waals surface area contributed by atoms with E-state index < -0.39 is 11.7 Å². The Labute approximate surface area is 80.3 Å². The summed E-state index contributed by atoms with van der Waals surface area (Å²) in [4.78, 5) is 12.0. The molecule has 0 aliphatic heterocycles. The van der Waals surface area contributed by atoms with Gasteiger partial charge in [-0.1, -0.05) is 0 Å². The van der Waals surface area contributed by atoms with Gasteiger partial charge in [0.1, 0.15) is 5.60 Å². The molecule has 0 aromatic rings. The molecular formula is C7H14LiNO2. The van der Waals surface area contributed by atoms with Crippen molar-refractivity contribution >= 4 is 6.09 Å². The molecule has 11 heavy (non-hydrogen) atoms. The molecule has 4 heteroatoms. The molecule has 0 spiro atoms. The molecule has 3 nitrogen and oxygen atoms in total. The van der Waals surface area contributed by atoms with Gasteiger partial charge in [-0.2, -0.15) is 0 Å². The van der Waals surface area contributed by atoms with Crippen LogP contribution in [0.4, 0.5) is 4.79 Å². The molecule has 0 aromatic heterocycles. The van der Waals surface area contributed by atoms with Gasteiger partial charge in [0.25, 0.3) is 0 Å². The second-order valence-corrected chi connectivity index (χ2v) is 3.18. The van der Waals surface area contributed by atoms with E-state index in [4.69, 9.17) is 4.74 Å². The van der Waals surface area contributed by atoms with E-state index >= 15 is 0 Å². The summed E-state index contributed by atoms with van der Waals surface area (Å²) in [6.45, 7) is 5.44. The largest absolute Gasteiger partial charge is 1.00 e. The Bertz CT molecular complexity index is 129. The van der Waals surface area contributed by atoms with Gasteiger partial charge in [-0.25, -0.2) is 11.8 Å². The zero-order chi connectivity index (χ0) is 8.36. The first kappa shape index (κ1) is 13.5. The summed E-state index contributed by atoms with van der Waals surface area (Å²) in [5, 5.41) is 0. The van der Waals surface area contributed by atoms with Crippen LogP contribution in [-0.2, 0) is 4.74 Å². The van der Waals surface area contributed by atoms with Crippen LogP contribution in [0.25, 0.3) is 0 Å². The topological polar surface area (TPSA) is 29.5 Å². The molecule has 0 aliphatic rings. The summed E-state index contributed by atoms with van der Waals surface area (Å²) in [6, 6.07) is 0. The third kappa shape index (κ3) is 7.77. The molecule has 0 radical (unpaired) electrons. The molecule has 0 aliphatic carbocycles. The smallest absolute Gasteiger partial charge is 0.463 e. The van der Waals surface area contributed by atoms with Gasteiger partial charge in [0.2, 0.25) is 0 Å². The van der Waals surface area contributed by atoms with Crippen molar-refractivity contribution in [2.24, 2.45) is 0 Å². The van der Waals surface area contributed by atoms with E-state index in [1.165, 1.54) is 0 Å². The maximum atomic E-state index is 10.8. The van der Waals surface area contributed by atoms with Crippen LogP contribution in [0.1, 0.15) is 20.8 Å². The van der Waals surface area contributed by atoms with Crippen LogP contribution in [0, 0.1) is 7.05 Å². The Morgan fingerprint density at radius 2 is 1.82 bits per heavy atom. The van der Waals surface area contributed by atoms with Crippen molar-refractivity contribution in [2.75, 3.05) is 7.05 Å². The predicted molar refractivity (Wildman–Crippen MR) is 39.4 cm³/mol. The normalized spacial score (nSPS) is 9.91. The molecule has 0 atom stereocenters. The third-order valence-corrected chi connectivity index (χ3v) is 0.705. The quantitative estimate of drug-likeness (QED) is 0.316. The predicted octanol–water partition coefficient (Wildman–Crippen LogP) is -1.35. The van der Waals surface area contributed by atoms with Crippen LogP contribution < -0.4 is 18.9 Å². The van der Waals surface area contributed by atoms with Crippen molar-refractivity contribution in [3.05, 3.63) is 7.05 Å². The third-order valence-electron chi connectivity index (χ3n) is 0.705. The van der Waals surface area contributed by atoms with Crippen molar-refractivity contribution in [1.29, 1.82) is 0 Å². The van der Waals surface area contributed by atoms with Crippen molar-refractivity contribution in [2.45, 2.75) is 26.4 Å². The SMILES string of the molecule is [CH2-]N(C)C(=O)OC(C)(C)C.[Li+]. The van der Waals surface area contributed by atoms with E-state index in [0.717, 1.165) is 4.90 Å². The fourth-order valence-corrected chi connectivity index (χ4v) is 0.340. The van der Waals surface area contributed by atoms with Gasteiger partial charge in [0.15, 0.2) is 0 Å². The maximum Gasteiger partial charge on any atom is 1.00 e. The van der Waals surface area contributed by atoms with Crippen LogP contribution in [0.3, 0.4) is 0 Å². The number of carbonyl (C=O) groups is 1. The Balaban J connectivity index is 0. The van der Waals surface area contributed by atoms with Gasteiger partial charge in [-0.15, -0.1) is 0 Å². The van der Waals surface area contributed by atoms with Crippen LogP contribution in [-0.4, -0.2) is 23.6 Å². The number of ether oxygens (including phenoxy) is 1. The number of amides is 1. The Morgan fingerprint density at radius 3 is 1.91 bits per heavy atom. The fourth-order valence-electron chi connectivity index (χ4n) is 0.340. The van der Waals surface area contributed by atoms with Gasteiger partial charge >= 0.3 is 25.0 Å². The van der Waals surface area contributed by atoms with E-state index in [1.54, 1.807) is 7.05 Å². The fraction of sp³-hybridized carbons (Fsp3) is 0.714. The number of hydrogen-bond donors (Lipinski definition) is 0. The molecule has 0 saturated heterocycles. The molecule has 0 heterocycles. The average Bonchev–Trinajstić information content (AvgIpc) is 1.60. The molecule has 0 N–H and O–H groups in total. The molecule has 0 bridgehead atoms. The van der Waals surface area contributed by atoms with Crippen molar-refractivity contribution < 1.29 is 28.4 Å². The molecule has 0 rings (SSSR count). The van der Waals surface area contributed by atoms with Gasteiger partial charge in [0.05, 0.1) is 0 Å². The van der Waals surface area contributed by atoms with Crippen LogP contribution in [0.2, 0.25) is 0 Å². The molecule has 0 unspecified atom stereocenters. The summed E-state index contributed by atoms with van der Waals surface area (Å²) in [5.74, 6) is 0. The van der Waals surface area contributed by atoms with Gasteiger partial charge in [-0.05, 0) is 27.8 Å². The van der Waals surface area contributed by atoms with Gasteiger partial charge in [0, 0.05) is 0 Å². The summed E-state index contributed by atoms with van der Waals surface area (Å²) in [6.07, 6.45) is -0.410. The van der Waals surface area contributed by atoms with Crippen LogP contribution >= 0.6 is 0 Å². The van der Waals surface area contributed by atoms with E-state index in [0.29, 0.717) is 0 Å². The molecular weight excluding hydrogens is 137 g/mol. The number of carbonyl (C=O) groups excluding carboxylic acids is 1. The number of rotatable bonds is 0. The zero-order valence-electron chi connectivity index (χ0n) is 7.97. The zero-order valence-corrected chi connectivity index (χ0v) is 7.97. The van der Waals surface area contributed by atoms with Crippen LogP contribution in [0.15, 0.2) is 0 Å². The summed E-state index contributed by atoms with van der Waals surface area (Å²) in [7, 11) is 4.93. The first-order valence-corrected chi connectivity index (χ1v) is 3.10. The maximum absolute atomic E-state index is 10.8. The number of hydrogen-bond acceptors (Lipinski definition) is 2. The van der Waals surface area contributed by atoms with Crippen molar-refractivity contribution in [1.82, 2.24) is 4.90 Å². The Morgan fingerprint density at radius 1 is 1.45 bits per heavy atom. The first-order valence-electron chi connectivity index (χ1n) is 3.10. The minimum absolute atomic E-state index is 0. The standard InChI is InChI=1S/C7H14NO2.Li/c1-7(2,3)10-6(9)8(4)5;/h4H2,1-3,5H3;/q-1;+1. The molecule has 0 saturated carbocycles. The van der Waals surface area contributed by atoms with Gasteiger partial charge in [-0.3, -0.25) is 0 Å².